The fourth-order valence-electron chi connectivity index (χ4n) is 1.47. The molecule has 0 saturated heterocycles. The molecule has 17 heavy (non-hydrogen) atoms. The normalized spacial score (nSPS) is 12.6. The molecular formula is C10H10Cl2N4S. The van der Waals surface area contributed by atoms with Crippen LogP contribution in [0.4, 0.5) is 0 Å². The number of hydrogen-bond acceptors (Lipinski definition) is 5. The molecule has 0 fully saturated rings. The standard InChI is InChI=1S/C10H10Cl2N4S/c11-7-2-1-6(3-8(7)12)4-9(15-13)10-5-14-16-17-10/h1-3,5,9,15H,4,13H2. The van der Waals surface area contributed by atoms with Gasteiger partial charge >= 0.3 is 0 Å². The van der Waals surface area contributed by atoms with E-state index in [0.717, 1.165) is 10.4 Å². The molecule has 0 radical (unpaired) electrons. The van der Waals surface area contributed by atoms with Crippen LogP contribution in [0.3, 0.4) is 0 Å². The van der Waals surface area contributed by atoms with E-state index >= 15 is 0 Å². The van der Waals surface area contributed by atoms with Crippen LogP contribution in [-0.2, 0) is 6.42 Å². The maximum atomic E-state index is 5.96. The highest BCUT2D eigenvalue weighted by molar-refractivity contribution is 7.05. The molecule has 0 spiro atoms. The van der Waals surface area contributed by atoms with Crippen molar-refractivity contribution in [3.63, 3.8) is 0 Å². The molecule has 0 amide bonds. The highest BCUT2D eigenvalue weighted by Crippen LogP contribution is 2.26. The van der Waals surface area contributed by atoms with E-state index in [1.807, 2.05) is 12.1 Å². The molecule has 7 heteroatoms. The van der Waals surface area contributed by atoms with Gasteiger partial charge in [0.2, 0.25) is 0 Å². The van der Waals surface area contributed by atoms with Crippen molar-refractivity contribution in [3.8, 4) is 0 Å². The predicted molar refractivity (Wildman–Crippen MR) is 70.1 cm³/mol. The Morgan fingerprint density at radius 2 is 2.18 bits per heavy atom. The second kappa shape index (κ2) is 5.75. The number of hydrazine groups is 1. The Morgan fingerprint density at radius 1 is 1.35 bits per heavy atom. The zero-order valence-electron chi connectivity index (χ0n) is 8.73. The molecule has 0 aliphatic carbocycles. The smallest absolute Gasteiger partial charge is 0.0670 e. The van der Waals surface area contributed by atoms with Gasteiger partial charge in [0.25, 0.3) is 0 Å². The summed E-state index contributed by atoms with van der Waals surface area (Å²) < 4.78 is 3.81. The summed E-state index contributed by atoms with van der Waals surface area (Å²) >= 11 is 13.1. The Morgan fingerprint density at radius 3 is 2.76 bits per heavy atom. The molecule has 1 aromatic carbocycles. The second-order valence-corrected chi connectivity index (χ2v) is 5.12. The van der Waals surface area contributed by atoms with E-state index in [1.165, 1.54) is 11.5 Å². The minimum atomic E-state index is -0.0211. The van der Waals surface area contributed by atoms with Crippen LogP contribution in [0, 0.1) is 0 Å². The Bertz CT molecular complexity index is 489. The molecule has 2 aromatic rings. The molecule has 0 aliphatic rings. The summed E-state index contributed by atoms with van der Waals surface area (Å²) in [6.07, 6.45) is 2.41. The first-order valence-corrected chi connectivity index (χ1v) is 6.41. The van der Waals surface area contributed by atoms with Crippen molar-refractivity contribution in [3.05, 3.63) is 44.9 Å². The largest absolute Gasteiger partial charge is 0.271 e. The quantitative estimate of drug-likeness (QED) is 0.671. The minimum Gasteiger partial charge on any atom is -0.271 e. The Balaban J connectivity index is 2.16. The third kappa shape index (κ3) is 3.14. The predicted octanol–water partition coefficient (Wildman–Crippen LogP) is 2.59. The second-order valence-electron chi connectivity index (χ2n) is 3.49. The van der Waals surface area contributed by atoms with Gasteiger partial charge in [0, 0.05) is 0 Å². The van der Waals surface area contributed by atoms with E-state index < -0.39 is 0 Å². The van der Waals surface area contributed by atoms with Crippen LogP contribution in [0.25, 0.3) is 0 Å². The van der Waals surface area contributed by atoms with Gasteiger partial charge in [-0.25, -0.2) is 0 Å². The first-order chi connectivity index (χ1) is 8.20. The molecule has 0 aliphatic heterocycles. The van der Waals surface area contributed by atoms with Gasteiger partial charge in [0.15, 0.2) is 0 Å². The van der Waals surface area contributed by atoms with Gasteiger partial charge in [0.1, 0.15) is 0 Å². The Kier molecular flexibility index (Phi) is 4.31. The van der Waals surface area contributed by atoms with E-state index in [0.29, 0.717) is 16.5 Å². The molecule has 1 unspecified atom stereocenters. The number of aromatic nitrogens is 2. The number of benzene rings is 1. The van der Waals surface area contributed by atoms with Gasteiger partial charge in [-0.05, 0) is 35.6 Å². The fourth-order valence-corrected chi connectivity index (χ4v) is 2.35. The third-order valence-corrected chi connectivity index (χ3v) is 3.86. The molecule has 90 valence electrons. The zero-order valence-corrected chi connectivity index (χ0v) is 11.1. The van der Waals surface area contributed by atoms with E-state index in [1.54, 1.807) is 12.3 Å². The first kappa shape index (κ1) is 12.7. The molecule has 0 saturated carbocycles. The fraction of sp³-hybridized carbons (Fsp3) is 0.200. The van der Waals surface area contributed by atoms with E-state index in [9.17, 15) is 0 Å². The topological polar surface area (TPSA) is 63.8 Å². The monoisotopic (exact) mass is 288 g/mol. The Labute approximate surface area is 113 Å². The lowest BCUT2D eigenvalue weighted by molar-refractivity contribution is 0.560. The van der Waals surface area contributed by atoms with Crippen LogP contribution in [0.2, 0.25) is 10.0 Å². The van der Waals surface area contributed by atoms with Crippen LogP contribution in [0.1, 0.15) is 16.5 Å². The lowest BCUT2D eigenvalue weighted by atomic mass is 10.1. The Hall–Kier alpha value is -0.720. The molecule has 1 heterocycles. The molecule has 4 nitrogen and oxygen atoms in total. The SMILES string of the molecule is NNC(Cc1ccc(Cl)c(Cl)c1)c1cnns1. The summed E-state index contributed by atoms with van der Waals surface area (Å²) in [6.45, 7) is 0. The summed E-state index contributed by atoms with van der Waals surface area (Å²) in [5.74, 6) is 5.52. The van der Waals surface area contributed by atoms with Crippen molar-refractivity contribution in [2.75, 3.05) is 0 Å². The molecule has 0 bridgehead atoms. The highest BCUT2D eigenvalue weighted by Gasteiger charge is 2.13. The molecule has 3 N–H and O–H groups in total. The van der Waals surface area contributed by atoms with Crippen LogP contribution >= 0.6 is 34.7 Å². The zero-order chi connectivity index (χ0) is 12.3. The number of nitrogens with one attached hydrogen (secondary N) is 1. The van der Waals surface area contributed by atoms with Crippen molar-refractivity contribution in [1.82, 2.24) is 15.0 Å². The van der Waals surface area contributed by atoms with E-state index in [-0.39, 0.29) is 6.04 Å². The highest BCUT2D eigenvalue weighted by atomic mass is 35.5. The van der Waals surface area contributed by atoms with Crippen LogP contribution in [-0.4, -0.2) is 9.59 Å². The third-order valence-electron chi connectivity index (χ3n) is 2.35. The maximum Gasteiger partial charge on any atom is 0.0670 e. The average Bonchev–Trinajstić information content (AvgIpc) is 2.84. The lowest BCUT2D eigenvalue weighted by Crippen LogP contribution is -2.28. The van der Waals surface area contributed by atoms with Gasteiger partial charge < -0.3 is 0 Å². The number of nitrogens with zero attached hydrogens (tertiary/aromatic N) is 2. The van der Waals surface area contributed by atoms with Crippen molar-refractivity contribution in [1.29, 1.82) is 0 Å². The summed E-state index contributed by atoms with van der Waals surface area (Å²) in [6, 6.07) is 5.51. The van der Waals surface area contributed by atoms with Crippen molar-refractivity contribution >= 4 is 34.7 Å². The summed E-state index contributed by atoms with van der Waals surface area (Å²) in [7, 11) is 0. The first-order valence-electron chi connectivity index (χ1n) is 4.88. The molecule has 2 rings (SSSR count). The van der Waals surface area contributed by atoms with Gasteiger partial charge in [-0.3, -0.25) is 11.3 Å². The van der Waals surface area contributed by atoms with Crippen LogP contribution < -0.4 is 11.3 Å². The van der Waals surface area contributed by atoms with Gasteiger partial charge in [-0.2, -0.15) is 0 Å². The van der Waals surface area contributed by atoms with Crippen molar-refractivity contribution < 1.29 is 0 Å². The number of rotatable bonds is 4. The van der Waals surface area contributed by atoms with Crippen LogP contribution in [0.5, 0.6) is 0 Å². The van der Waals surface area contributed by atoms with Crippen molar-refractivity contribution in [2.24, 2.45) is 5.84 Å². The number of hydrogen-bond donors (Lipinski definition) is 2. The summed E-state index contributed by atoms with van der Waals surface area (Å²) in [4.78, 5) is 0.985. The van der Waals surface area contributed by atoms with Gasteiger partial charge in [-0.15, -0.1) is 5.10 Å². The summed E-state index contributed by atoms with van der Waals surface area (Å²) in [5.41, 5.74) is 3.79. The van der Waals surface area contributed by atoms with Gasteiger partial charge in [-0.1, -0.05) is 33.8 Å². The van der Waals surface area contributed by atoms with Gasteiger partial charge in [0.05, 0.1) is 27.2 Å². The molecule has 1 aromatic heterocycles. The minimum absolute atomic E-state index is 0.0211. The summed E-state index contributed by atoms with van der Waals surface area (Å²) in [5, 5.41) is 4.88. The maximum absolute atomic E-state index is 5.96. The average molecular weight is 289 g/mol. The lowest BCUT2D eigenvalue weighted by Gasteiger charge is -2.13. The number of halogens is 2. The van der Waals surface area contributed by atoms with E-state index in [2.05, 4.69) is 15.0 Å². The number of nitrogens with two attached hydrogens (primary N) is 1. The van der Waals surface area contributed by atoms with Crippen LogP contribution in [0.15, 0.2) is 24.4 Å². The van der Waals surface area contributed by atoms with E-state index in [4.69, 9.17) is 29.0 Å². The molecular weight excluding hydrogens is 279 g/mol. The van der Waals surface area contributed by atoms with Crippen molar-refractivity contribution in [2.45, 2.75) is 12.5 Å². The molecule has 1 atom stereocenters.